The monoisotopic (exact) mass is 399 g/mol. The highest BCUT2D eigenvalue weighted by Gasteiger charge is 2.22. The summed E-state index contributed by atoms with van der Waals surface area (Å²) >= 11 is 0. The fourth-order valence-electron chi connectivity index (χ4n) is 3.39. The number of rotatable bonds is 9. The molecule has 0 aromatic heterocycles. The maximum atomic E-state index is 12.7. The minimum absolute atomic E-state index is 0.0936. The van der Waals surface area contributed by atoms with Crippen LogP contribution in [0.3, 0.4) is 0 Å². The Bertz CT molecular complexity index is 837. The molecule has 8 nitrogen and oxygen atoms in total. The number of ether oxygens (including phenoxy) is 2. The lowest BCUT2D eigenvalue weighted by molar-refractivity contribution is -0.384. The molecular formula is C21H25N3O5. The van der Waals surface area contributed by atoms with Crippen LogP contribution in [-0.2, 0) is 16.1 Å². The van der Waals surface area contributed by atoms with Crippen molar-refractivity contribution in [2.24, 2.45) is 0 Å². The number of nitro groups is 1. The van der Waals surface area contributed by atoms with Crippen molar-refractivity contribution in [3.05, 3.63) is 64.2 Å². The summed E-state index contributed by atoms with van der Waals surface area (Å²) in [6.07, 6.45) is 2.15. The van der Waals surface area contributed by atoms with Crippen LogP contribution in [0.5, 0.6) is 5.75 Å². The molecule has 1 atom stereocenters. The SMILES string of the molecule is COc1cc([N+](=O)[O-])ccc1NC(=O)CN(Cc1ccccc1)CC1CCCO1. The van der Waals surface area contributed by atoms with Gasteiger partial charge < -0.3 is 14.8 Å². The number of carbonyl (C=O) groups excluding carboxylic acids is 1. The normalized spacial score (nSPS) is 16.0. The Kier molecular flexibility index (Phi) is 7.15. The van der Waals surface area contributed by atoms with Gasteiger partial charge in [0.15, 0.2) is 0 Å². The van der Waals surface area contributed by atoms with Gasteiger partial charge in [0.05, 0.1) is 36.4 Å². The third-order valence-electron chi connectivity index (χ3n) is 4.77. The number of methoxy groups -OCH3 is 1. The number of non-ortho nitro benzene ring substituents is 1. The lowest BCUT2D eigenvalue weighted by Gasteiger charge is -2.25. The summed E-state index contributed by atoms with van der Waals surface area (Å²) in [6.45, 7) is 2.23. The fourth-order valence-corrected chi connectivity index (χ4v) is 3.39. The Morgan fingerprint density at radius 2 is 2.10 bits per heavy atom. The van der Waals surface area contributed by atoms with E-state index in [1.807, 2.05) is 30.3 Å². The molecule has 0 saturated carbocycles. The van der Waals surface area contributed by atoms with E-state index in [1.54, 1.807) is 0 Å². The van der Waals surface area contributed by atoms with Crippen LogP contribution in [0.25, 0.3) is 0 Å². The van der Waals surface area contributed by atoms with Crippen molar-refractivity contribution in [3.63, 3.8) is 0 Å². The molecule has 1 amide bonds. The van der Waals surface area contributed by atoms with E-state index < -0.39 is 4.92 Å². The molecule has 2 aromatic rings. The number of hydrogen-bond donors (Lipinski definition) is 1. The first-order valence-corrected chi connectivity index (χ1v) is 9.55. The van der Waals surface area contributed by atoms with Crippen LogP contribution in [0.2, 0.25) is 0 Å². The first-order chi connectivity index (χ1) is 14.0. The number of carbonyl (C=O) groups is 1. The number of nitrogens with one attached hydrogen (secondary N) is 1. The summed E-state index contributed by atoms with van der Waals surface area (Å²) in [6, 6.07) is 14.1. The lowest BCUT2D eigenvalue weighted by atomic mass is 10.2. The van der Waals surface area contributed by atoms with Gasteiger partial charge in [-0.25, -0.2) is 0 Å². The van der Waals surface area contributed by atoms with E-state index >= 15 is 0 Å². The second-order valence-corrected chi connectivity index (χ2v) is 6.98. The van der Waals surface area contributed by atoms with E-state index in [1.165, 1.54) is 25.3 Å². The molecule has 0 bridgehead atoms. The molecule has 1 unspecified atom stereocenters. The average Bonchev–Trinajstić information content (AvgIpc) is 3.21. The van der Waals surface area contributed by atoms with E-state index in [2.05, 4.69) is 10.2 Å². The summed E-state index contributed by atoms with van der Waals surface area (Å²) in [5.74, 6) is 0.0346. The number of nitrogens with zero attached hydrogens (tertiary/aromatic N) is 2. The highest BCUT2D eigenvalue weighted by Crippen LogP contribution is 2.29. The maximum Gasteiger partial charge on any atom is 0.273 e. The van der Waals surface area contributed by atoms with Gasteiger partial charge in [0, 0.05) is 25.8 Å². The molecule has 1 N–H and O–H groups in total. The number of hydrogen-bond acceptors (Lipinski definition) is 6. The predicted octanol–water partition coefficient (Wildman–Crippen LogP) is 3.22. The molecule has 154 valence electrons. The third-order valence-corrected chi connectivity index (χ3v) is 4.77. The smallest absolute Gasteiger partial charge is 0.273 e. The van der Waals surface area contributed by atoms with Crippen LogP contribution in [0.4, 0.5) is 11.4 Å². The Morgan fingerprint density at radius 3 is 2.76 bits per heavy atom. The Balaban J connectivity index is 1.67. The first-order valence-electron chi connectivity index (χ1n) is 9.55. The molecule has 1 heterocycles. The van der Waals surface area contributed by atoms with Crippen LogP contribution < -0.4 is 10.1 Å². The molecule has 1 fully saturated rings. The molecule has 29 heavy (non-hydrogen) atoms. The molecule has 0 aliphatic carbocycles. The summed E-state index contributed by atoms with van der Waals surface area (Å²) in [5, 5.41) is 13.7. The quantitative estimate of drug-likeness (QED) is 0.514. The summed E-state index contributed by atoms with van der Waals surface area (Å²) in [4.78, 5) is 25.2. The third kappa shape index (κ3) is 6.00. The molecule has 2 aromatic carbocycles. The Hall–Kier alpha value is -2.97. The standard InChI is InChI=1S/C21H25N3O5/c1-28-20-12-17(24(26)27)9-10-19(20)22-21(25)15-23(14-18-8-5-11-29-18)13-16-6-3-2-4-7-16/h2-4,6-7,9-10,12,18H,5,8,11,13-15H2,1H3,(H,22,25). The van der Waals surface area contributed by atoms with Crippen LogP contribution in [-0.4, -0.2) is 48.6 Å². The summed E-state index contributed by atoms with van der Waals surface area (Å²) in [5.41, 5.74) is 1.43. The summed E-state index contributed by atoms with van der Waals surface area (Å²) < 4.78 is 10.9. The fraction of sp³-hybridized carbons (Fsp3) is 0.381. The zero-order valence-corrected chi connectivity index (χ0v) is 16.4. The van der Waals surface area contributed by atoms with Crippen LogP contribution in [0.15, 0.2) is 48.5 Å². The lowest BCUT2D eigenvalue weighted by Crippen LogP contribution is -2.38. The molecule has 1 saturated heterocycles. The highest BCUT2D eigenvalue weighted by atomic mass is 16.6. The van der Waals surface area contributed by atoms with Crippen molar-refractivity contribution < 1.29 is 19.2 Å². The number of nitro benzene ring substituents is 1. The van der Waals surface area contributed by atoms with E-state index in [9.17, 15) is 14.9 Å². The number of anilines is 1. The van der Waals surface area contributed by atoms with Gasteiger partial charge in [-0.1, -0.05) is 30.3 Å². The predicted molar refractivity (Wildman–Crippen MR) is 109 cm³/mol. The molecule has 1 aliphatic heterocycles. The minimum atomic E-state index is -0.503. The maximum absolute atomic E-state index is 12.7. The van der Waals surface area contributed by atoms with Crippen molar-refractivity contribution in [1.82, 2.24) is 4.90 Å². The van der Waals surface area contributed by atoms with Gasteiger partial charge in [0.1, 0.15) is 5.75 Å². The number of benzene rings is 2. The van der Waals surface area contributed by atoms with Crippen molar-refractivity contribution in [1.29, 1.82) is 0 Å². The molecule has 3 rings (SSSR count). The van der Waals surface area contributed by atoms with E-state index in [0.29, 0.717) is 18.8 Å². The van der Waals surface area contributed by atoms with Crippen molar-refractivity contribution >= 4 is 17.3 Å². The van der Waals surface area contributed by atoms with Gasteiger partial charge in [0.25, 0.3) is 5.69 Å². The van der Waals surface area contributed by atoms with Crippen LogP contribution in [0.1, 0.15) is 18.4 Å². The minimum Gasteiger partial charge on any atom is -0.494 e. The van der Waals surface area contributed by atoms with Crippen molar-refractivity contribution in [2.45, 2.75) is 25.5 Å². The van der Waals surface area contributed by atoms with Crippen molar-refractivity contribution in [2.75, 3.05) is 32.1 Å². The highest BCUT2D eigenvalue weighted by molar-refractivity contribution is 5.93. The van der Waals surface area contributed by atoms with Gasteiger partial charge >= 0.3 is 0 Å². The largest absolute Gasteiger partial charge is 0.494 e. The molecule has 0 radical (unpaired) electrons. The molecule has 8 heteroatoms. The van der Waals surface area contributed by atoms with Gasteiger partial charge in [-0.05, 0) is 24.5 Å². The zero-order chi connectivity index (χ0) is 20.6. The van der Waals surface area contributed by atoms with Gasteiger partial charge in [-0.15, -0.1) is 0 Å². The topological polar surface area (TPSA) is 93.9 Å². The Morgan fingerprint density at radius 1 is 1.31 bits per heavy atom. The molecule has 0 spiro atoms. The Labute approximate surface area is 169 Å². The van der Waals surface area contributed by atoms with E-state index in [-0.39, 0.29) is 30.0 Å². The summed E-state index contributed by atoms with van der Waals surface area (Å²) in [7, 11) is 1.41. The second-order valence-electron chi connectivity index (χ2n) is 6.98. The number of amides is 1. The first kappa shape index (κ1) is 20.8. The zero-order valence-electron chi connectivity index (χ0n) is 16.4. The molecule has 1 aliphatic rings. The van der Waals surface area contributed by atoms with Crippen LogP contribution in [0, 0.1) is 10.1 Å². The van der Waals surface area contributed by atoms with E-state index in [4.69, 9.17) is 9.47 Å². The van der Waals surface area contributed by atoms with E-state index in [0.717, 1.165) is 25.0 Å². The average molecular weight is 399 g/mol. The second kappa shape index (κ2) is 9.99. The molecular weight excluding hydrogens is 374 g/mol. The van der Waals surface area contributed by atoms with Crippen LogP contribution >= 0.6 is 0 Å². The van der Waals surface area contributed by atoms with Gasteiger partial charge in [-0.2, -0.15) is 0 Å². The van der Waals surface area contributed by atoms with Gasteiger partial charge in [0.2, 0.25) is 5.91 Å². The van der Waals surface area contributed by atoms with Gasteiger partial charge in [-0.3, -0.25) is 19.8 Å². The van der Waals surface area contributed by atoms with Crippen molar-refractivity contribution in [3.8, 4) is 5.75 Å².